The summed E-state index contributed by atoms with van der Waals surface area (Å²) >= 11 is 0. The Morgan fingerprint density at radius 1 is 1.00 bits per heavy atom. The largest absolute Gasteiger partial charge is 0.341 e. The number of hydrogen-bond donors (Lipinski definition) is 0. The van der Waals surface area contributed by atoms with Gasteiger partial charge in [-0.1, -0.05) is 36.4 Å². The molecule has 0 spiro atoms. The van der Waals surface area contributed by atoms with Crippen LogP contribution in [0, 0.1) is 0 Å². The minimum atomic E-state index is -3.89. The SMILES string of the molecule is O=C([C@@H](c1ccccc1)S(=O)(=O)c1ccccn1)N1CCCC1. The van der Waals surface area contributed by atoms with Gasteiger partial charge in [0, 0.05) is 19.3 Å². The van der Waals surface area contributed by atoms with Crippen LogP contribution in [0.15, 0.2) is 59.8 Å². The molecule has 1 aliphatic heterocycles. The average molecular weight is 330 g/mol. The van der Waals surface area contributed by atoms with E-state index in [4.69, 9.17) is 0 Å². The van der Waals surface area contributed by atoms with Crippen LogP contribution in [0.1, 0.15) is 23.7 Å². The molecule has 1 aromatic carbocycles. The molecule has 1 aliphatic rings. The van der Waals surface area contributed by atoms with Crippen molar-refractivity contribution < 1.29 is 13.2 Å². The van der Waals surface area contributed by atoms with E-state index in [1.165, 1.54) is 12.3 Å². The quantitative estimate of drug-likeness (QED) is 0.862. The third kappa shape index (κ3) is 3.12. The summed E-state index contributed by atoms with van der Waals surface area (Å²) < 4.78 is 26.0. The predicted molar refractivity (Wildman–Crippen MR) is 86.4 cm³/mol. The number of benzene rings is 1. The lowest BCUT2D eigenvalue weighted by atomic mass is 10.1. The third-order valence-electron chi connectivity index (χ3n) is 3.98. The van der Waals surface area contributed by atoms with Crippen LogP contribution in [0.2, 0.25) is 0 Å². The van der Waals surface area contributed by atoms with E-state index < -0.39 is 15.1 Å². The van der Waals surface area contributed by atoms with E-state index in [0.29, 0.717) is 18.7 Å². The molecule has 3 rings (SSSR count). The number of amides is 1. The van der Waals surface area contributed by atoms with Crippen LogP contribution in [0.4, 0.5) is 0 Å². The summed E-state index contributed by atoms with van der Waals surface area (Å²) in [7, 11) is -3.89. The van der Waals surface area contributed by atoms with Crippen molar-refractivity contribution in [2.45, 2.75) is 23.1 Å². The zero-order valence-electron chi connectivity index (χ0n) is 12.6. The Labute approximate surface area is 135 Å². The summed E-state index contributed by atoms with van der Waals surface area (Å²) in [5.41, 5.74) is 0.482. The summed E-state index contributed by atoms with van der Waals surface area (Å²) in [6, 6.07) is 13.3. The highest BCUT2D eigenvalue weighted by Gasteiger charge is 2.39. The lowest BCUT2D eigenvalue weighted by molar-refractivity contribution is -0.129. The van der Waals surface area contributed by atoms with Crippen molar-refractivity contribution in [1.29, 1.82) is 0 Å². The molecule has 23 heavy (non-hydrogen) atoms. The normalized spacial score (nSPS) is 16.3. The van der Waals surface area contributed by atoms with E-state index >= 15 is 0 Å². The molecule has 2 aromatic rings. The van der Waals surface area contributed by atoms with Gasteiger partial charge in [-0.05, 0) is 30.5 Å². The van der Waals surface area contributed by atoms with Gasteiger partial charge in [0.05, 0.1) is 0 Å². The van der Waals surface area contributed by atoms with E-state index in [9.17, 15) is 13.2 Å². The van der Waals surface area contributed by atoms with Crippen LogP contribution < -0.4 is 0 Å². The number of nitrogens with zero attached hydrogens (tertiary/aromatic N) is 2. The Kier molecular flexibility index (Phi) is 4.43. The zero-order chi connectivity index (χ0) is 16.3. The Bertz CT molecular complexity index is 770. The number of carbonyl (C=O) groups is 1. The summed E-state index contributed by atoms with van der Waals surface area (Å²) in [5.74, 6) is -0.362. The molecule has 0 unspecified atom stereocenters. The first kappa shape index (κ1) is 15.7. The number of rotatable bonds is 4. The molecular formula is C17H18N2O3S. The molecule has 2 heterocycles. The summed E-state index contributed by atoms with van der Waals surface area (Å²) in [6.07, 6.45) is 3.25. The number of aromatic nitrogens is 1. The second kappa shape index (κ2) is 6.50. The molecule has 1 amide bonds. The van der Waals surface area contributed by atoms with Crippen LogP contribution in [0.25, 0.3) is 0 Å². The monoisotopic (exact) mass is 330 g/mol. The molecule has 1 saturated heterocycles. The molecule has 1 aromatic heterocycles. The average Bonchev–Trinajstić information content (AvgIpc) is 3.11. The van der Waals surface area contributed by atoms with Crippen molar-refractivity contribution in [1.82, 2.24) is 9.88 Å². The molecule has 0 aliphatic carbocycles. The number of pyridine rings is 1. The Hall–Kier alpha value is -2.21. The van der Waals surface area contributed by atoms with Crippen LogP contribution in [-0.4, -0.2) is 37.3 Å². The maximum atomic E-state index is 13.0. The fraction of sp³-hybridized carbons (Fsp3) is 0.294. The Morgan fingerprint density at radius 3 is 2.26 bits per heavy atom. The first-order valence-corrected chi connectivity index (χ1v) is 9.14. The number of carbonyl (C=O) groups excluding carboxylic acids is 1. The number of hydrogen-bond acceptors (Lipinski definition) is 4. The molecule has 1 fully saturated rings. The maximum Gasteiger partial charge on any atom is 0.245 e. The van der Waals surface area contributed by atoms with Gasteiger partial charge in [-0.15, -0.1) is 0 Å². The van der Waals surface area contributed by atoms with Crippen molar-refractivity contribution >= 4 is 15.7 Å². The highest BCUT2D eigenvalue weighted by molar-refractivity contribution is 7.92. The number of likely N-dealkylation sites (tertiary alicyclic amines) is 1. The molecule has 120 valence electrons. The first-order valence-electron chi connectivity index (χ1n) is 7.59. The summed E-state index contributed by atoms with van der Waals surface area (Å²) in [6.45, 7) is 1.22. The Morgan fingerprint density at radius 2 is 1.65 bits per heavy atom. The zero-order valence-corrected chi connectivity index (χ0v) is 13.4. The van der Waals surface area contributed by atoms with Crippen molar-refractivity contribution in [2.24, 2.45) is 0 Å². The minimum Gasteiger partial charge on any atom is -0.341 e. The van der Waals surface area contributed by atoms with Gasteiger partial charge >= 0.3 is 0 Å². The van der Waals surface area contributed by atoms with E-state index in [1.54, 1.807) is 47.4 Å². The van der Waals surface area contributed by atoms with Crippen LogP contribution in [0.3, 0.4) is 0 Å². The van der Waals surface area contributed by atoms with Crippen molar-refractivity contribution in [3.63, 3.8) is 0 Å². The molecule has 6 heteroatoms. The van der Waals surface area contributed by atoms with Gasteiger partial charge in [0.1, 0.15) is 0 Å². The second-order valence-corrected chi connectivity index (χ2v) is 7.52. The molecule has 0 radical (unpaired) electrons. The van der Waals surface area contributed by atoms with E-state index in [0.717, 1.165) is 12.8 Å². The van der Waals surface area contributed by atoms with E-state index in [1.807, 2.05) is 0 Å². The van der Waals surface area contributed by atoms with Crippen LogP contribution in [-0.2, 0) is 14.6 Å². The van der Waals surface area contributed by atoms with E-state index in [2.05, 4.69) is 4.98 Å². The standard InChI is InChI=1S/C17H18N2O3S/c20-17(19-12-6-7-13-19)16(14-8-2-1-3-9-14)23(21,22)15-10-4-5-11-18-15/h1-5,8-11,16H,6-7,12-13H2/t16-/m1/s1. The fourth-order valence-corrected chi connectivity index (χ4v) is 4.47. The van der Waals surface area contributed by atoms with Gasteiger partial charge in [0.25, 0.3) is 0 Å². The smallest absolute Gasteiger partial charge is 0.245 e. The van der Waals surface area contributed by atoms with Crippen molar-refractivity contribution in [3.8, 4) is 0 Å². The van der Waals surface area contributed by atoms with Gasteiger partial charge in [0.2, 0.25) is 15.7 Å². The maximum absolute atomic E-state index is 13.0. The van der Waals surface area contributed by atoms with Crippen LogP contribution in [0.5, 0.6) is 0 Å². The van der Waals surface area contributed by atoms with E-state index in [-0.39, 0.29) is 10.9 Å². The third-order valence-corrected chi connectivity index (χ3v) is 5.90. The van der Waals surface area contributed by atoms with Crippen molar-refractivity contribution in [2.75, 3.05) is 13.1 Å². The molecule has 5 nitrogen and oxygen atoms in total. The van der Waals surface area contributed by atoms with Gasteiger partial charge in [-0.2, -0.15) is 0 Å². The number of sulfone groups is 1. The first-order chi connectivity index (χ1) is 11.1. The molecular weight excluding hydrogens is 312 g/mol. The van der Waals surface area contributed by atoms with Crippen molar-refractivity contribution in [3.05, 3.63) is 60.3 Å². The molecule has 0 N–H and O–H groups in total. The molecule has 0 saturated carbocycles. The lowest BCUT2D eigenvalue weighted by Crippen LogP contribution is -2.36. The van der Waals surface area contributed by atoms with Gasteiger partial charge in [0.15, 0.2) is 10.3 Å². The van der Waals surface area contributed by atoms with Gasteiger partial charge in [-0.3, -0.25) is 4.79 Å². The molecule has 0 bridgehead atoms. The molecule has 1 atom stereocenters. The minimum absolute atomic E-state index is 0.0681. The van der Waals surface area contributed by atoms with Crippen LogP contribution >= 0.6 is 0 Å². The second-order valence-electron chi connectivity index (χ2n) is 5.54. The summed E-state index contributed by atoms with van der Waals surface area (Å²) in [5, 5.41) is -1.31. The lowest BCUT2D eigenvalue weighted by Gasteiger charge is -2.23. The fourth-order valence-electron chi connectivity index (χ4n) is 2.82. The van der Waals surface area contributed by atoms with Gasteiger partial charge in [-0.25, -0.2) is 13.4 Å². The van der Waals surface area contributed by atoms with Gasteiger partial charge < -0.3 is 4.90 Å². The predicted octanol–water partition coefficient (Wildman–Crippen LogP) is 2.22. The summed E-state index contributed by atoms with van der Waals surface area (Å²) in [4.78, 5) is 18.5. The topological polar surface area (TPSA) is 67.3 Å². The highest BCUT2D eigenvalue weighted by atomic mass is 32.2. The highest BCUT2D eigenvalue weighted by Crippen LogP contribution is 2.30. The Balaban J connectivity index is 2.07.